The van der Waals surface area contributed by atoms with Crippen LogP contribution in [0.4, 0.5) is 0 Å². The zero-order valence-corrected chi connectivity index (χ0v) is 26.5. The Bertz CT molecular complexity index is 592. The Morgan fingerprint density at radius 3 is 1.48 bits per heavy atom. The number of hydrogen-bond acceptors (Lipinski definition) is 4. The summed E-state index contributed by atoms with van der Waals surface area (Å²) in [5, 5.41) is 32.7. The fourth-order valence-electron chi connectivity index (χ4n) is 5.01. The summed E-state index contributed by atoms with van der Waals surface area (Å²) in [6.45, 7) is 4.10. The van der Waals surface area contributed by atoms with Crippen LogP contribution in [0.25, 0.3) is 0 Å². The molecule has 1 amide bonds. The zero-order chi connectivity index (χ0) is 29.5. The molecule has 5 heteroatoms. The summed E-state index contributed by atoms with van der Waals surface area (Å²) in [5.74, 6) is -0.541. The van der Waals surface area contributed by atoms with Crippen LogP contribution < -0.4 is 5.32 Å². The lowest BCUT2D eigenvalue weighted by Crippen LogP contribution is -2.48. The van der Waals surface area contributed by atoms with Crippen LogP contribution >= 0.6 is 0 Å². The van der Waals surface area contributed by atoms with Gasteiger partial charge in [0.25, 0.3) is 0 Å². The van der Waals surface area contributed by atoms with Crippen molar-refractivity contribution in [1.82, 2.24) is 5.32 Å². The molecule has 40 heavy (non-hydrogen) atoms. The molecule has 0 aliphatic carbocycles. The average molecular weight is 566 g/mol. The molecule has 0 aromatic carbocycles. The largest absolute Gasteiger partial charge is 0.394 e. The molecule has 0 fully saturated rings. The van der Waals surface area contributed by atoms with Gasteiger partial charge in [-0.15, -0.1) is 0 Å². The molecule has 0 spiro atoms. The van der Waals surface area contributed by atoms with Crippen LogP contribution in [0.1, 0.15) is 168 Å². The normalized spacial score (nSPS) is 14.2. The van der Waals surface area contributed by atoms with Gasteiger partial charge >= 0.3 is 0 Å². The molecule has 0 aromatic rings. The molecule has 0 aromatic heterocycles. The third-order valence-electron chi connectivity index (χ3n) is 7.79. The van der Waals surface area contributed by atoms with E-state index in [0.717, 1.165) is 19.3 Å². The first-order valence-corrected chi connectivity index (χ1v) is 17.2. The number of hydrogen-bond donors (Lipinski definition) is 4. The number of amides is 1. The van der Waals surface area contributed by atoms with Crippen molar-refractivity contribution in [3.8, 4) is 0 Å². The van der Waals surface area contributed by atoms with Gasteiger partial charge in [0, 0.05) is 0 Å². The molecule has 0 radical (unpaired) electrons. The van der Waals surface area contributed by atoms with Crippen LogP contribution in [0.3, 0.4) is 0 Å². The maximum absolute atomic E-state index is 12.3. The Morgan fingerprint density at radius 2 is 1.00 bits per heavy atom. The first kappa shape index (κ1) is 38.8. The Balaban J connectivity index is 3.75. The standard InChI is InChI=1S/C35H67NO4/c1-3-5-7-9-11-13-14-15-16-17-18-19-20-21-22-24-25-27-29-33(38)32(31-37)36-35(40)34(39)30-28-26-23-12-10-8-6-4-2/h23,26-27,29,32-34,37-39H,3-22,24-25,28,30-31H2,1-2H3,(H,36,40)/b26-23-,29-27+. The molecule has 5 nitrogen and oxygen atoms in total. The van der Waals surface area contributed by atoms with Crippen molar-refractivity contribution in [2.24, 2.45) is 0 Å². The number of carbonyl (C=O) groups is 1. The van der Waals surface area contributed by atoms with E-state index in [0.29, 0.717) is 12.8 Å². The summed E-state index contributed by atoms with van der Waals surface area (Å²) in [6, 6.07) is -0.807. The van der Waals surface area contributed by atoms with Crippen molar-refractivity contribution in [3.05, 3.63) is 24.3 Å². The lowest BCUT2D eigenvalue weighted by Gasteiger charge is -2.21. The quantitative estimate of drug-likeness (QED) is 0.0518. The third-order valence-corrected chi connectivity index (χ3v) is 7.79. The summed E-state index contributed by atoms with van der Waals surface area (Å²) in [6.07, 6.45) is 35.0. The highest BCUT2D eigenvalue weighted by molar-refractivity contribution is 5.80. The van der Waals surface area contributed by atoms with Gasteiger partial charge in [0.15, 0.2) is 0 Å². The Hall–Kier alpha value is -1.17. The van der Waals surface area contributed by atoms with Crippen molar-refractivity contribution < 1.29 is 20.1 Å². The maximum Gasteiger partial charge on any atom is 0.249 e. The number of aliphatic hydroxyl groups excluding tert-OH is 3. The van der Waals surface area contributed by atoms with E-state index < -0.39 is 24.2 Å². The van der Waals surface area contributed by atoms with Crippen molar-refractivity contribution in [3.63, 3.8) is 0 Å². The van der Waals surface area contributed by atoms with E-state index in [1.807, 2.05) is 12.2 Å². The summed E-state index contributed by atoms with van der Waals surface area (Å²) in [5.41, 5.74) is 0. The van der Waals surface area contributed by atoms with Crippen LogP contribution in [0.5, 0.6) is 0 Å². The van der Waals surface area contributed by atoms with Gasteiger partial charge in [-0.1, -0.05) is 154 Å². The van der Waals surface area contributed by atoms with Crippen LogP contribution in [0.15, 0.2) is 24.3 Å². The van der Waals surface area contributed by atoms with E-state index in [4.69, 9.17) is 0 Å². The predicted molar refractivity (Wildman–Crippen MR) is 171 cm³/mol. The molecule has 0 heterocycles. The molecule has 0 aliphatic rings. The fraction of sp³-hybridized carbons (Fsp3) is 0.857. The Labute approximate surface area is 248 Å². The molecule has 0 saturated carbocycles. The smallest absolute Gasteiger partial charge is 0.249 e. The van der Waals surface area contributed by atoms with E-state index in [1.165, 1.54) is 122 Å². The van der Waals surface area contributed by atoms with Crippen molar-refractivity contribution in [1.29, 1.82) is 0 Å². The van der Waals surface area contributed by atoms with Crippen molar-refractivity contribution in [2.75, 3.05) is 6.61 Å². The second kappa shape index (κ2) is 30.8. The summed E-state index contributed by atoms with van der Waals surface area (Å²) in [7, 11) is 0. The molecule has 0 saturated heterocycles. The highest BCUT2D eigenvalue weighted by Gasteiger charge is 2.22. The molecule has 0 aliphatic heterocycles. The Morgan fingerprint density at radius 1 is 0.600 bits per heavy atom. The molecule has 3 unspecified atom stereocenters. The van der Waals surface area contributed by atoms with Crippen molar-refractivity contribution >= 4 is 5.91 Å². The minimum Gasteiger partial charge on any atom is -0.394 e. The number of allylic oxidation sites excluding steroid dienone is 3. The zero-order valence-electron chi connectivity index (χ0n) is 26.5. The maximum atomic E-state index is 12.3. The van der Waals surface area contributed by atoms with E-state index in [1.54, 1.807) is 6.08 Å². The summed E-state index contributed by atoms with van der Waals surface area (Å²) in [4.78, 5) is 12.3. The predicted octanol–water partition coefficient (Wildman–Crippen LogP) is 8.70. The monoisotopic (exact) mass is 566 g/mol. The number of carbonyl (C=O) groups excluding carboxylic acids is 1. The third kappa shape index (κ3) is 25.8. The van der Waals surface area contributed by atoms with Gasteiger partial charge in [-0.3, -0.25) is 4.79 Å². The molecular formula is C35H67NO4. The van der Waals surface area contributed by atoms with Gasteiger partial charge in [0.2, 0.25) is 5.91 Å². The van der Waals surface area contributed by atoms with E-state index in [2.05, 4.69) is 25.2 Å². The SMILES string of the molecule is CCCCCC/C=C\CCC(O)C(=O)NC(CO)C(O)/C=C/CCCCCCCCCCCCCCCCCC. The number of aliphatic hydroxyl groups is 3. The van der Waals surface area contributed by atoms with Crippen LogP contribution in [0, 0.1) is 0 Å². The summed E-state index contributed by atoms with van der Waals surface area (Å²) < 4.78 is 0. The molecule has 4 N–H and O–H groups in total. The van der Waals surface area contributed by atoms with E-state index >= 15 is 0 Å². The van der Waals surface area contributed by atoms with Gasteiger partial charge in [-0.05, 0) is 38.5 Å². The van der Waals surface area contributed by atoms with Gasteiger partial charge in [0.05, 0.1) is 18.8 Å². The van der Waals surface area contributed by atoms with Crippen LogP contribution in [0.2, 0.25) is 0 Å². The second-order valence-electron chi connectivity index (χ2n) is 11.7. The molecule has 0 rings (SSSR count). The first-order chi connectivity index (χ1) is 19.6. The topological polar surface area (TPSA) is 89.8 Å². The molecule has 3 atom stereocenters. The highest BCUT2D eigenvalue weighted by Crippen LogP contribution is 2.14. The highest BCUT2D eigenvalue weighted by atomic mass is 16.3. The van der Waals surface area contributed by atoms with Gasteiger partial charge in [-0.2, -0.15) is 0 Å². The lowest BCUT2D eigenvalue weighted by atomic mass is 10.0. The minimum absolute atomic E-state index is 0.334. The minimum atomic E-state index is -1.14. The fourth-order valence-corrected chi connectivity index (χ4v) is 5.01. The molecule has 0 bridgehead atoms. The number of nitrogens with one attached hydrogen (secondary N) is 1. The Kier molecular flexibility index (Phi) is 29.9. The van der Waals surface area contributed by atoms with Crippen molar-refractivity contribution in [2.45, 2.75) is 186 Å². The van der Waals surface area contributed by atoms with Gasteiger partial charge < -0.3 is 20.6 Å². The number of unbranched alkanes of at least 4 members (excludes halogenated alkanes) is 20. The van der Waals surface area contributed by atoms with E-state index in [9.17, 15) is 20.1 Å². The first-order valence-electron chi connectivity index (χ1n) is 17.2. The van der Waals surface area contributed by atoms with Gasteiger partial charge in [0.1, 0.15) is 6.10 Å². The van der Waals surface area contributed by atoms with Crippen LogP contribution in [-0.2, 0) is 4.79 Å². The summed E-state index contributed by atoms with van der Waals surface area (Å²) >= 11 is 0. The van der Waals surface area contributed by atoms with Crippen LogP contribution in [-0.4, -0.2) is 46.1 Å². The second-order valence-corrected chi connectivity index (χ2v) is 11.7. The average Bonchev–Trinajstić information content (AvgIpc) is 2.96. The van der Waals surface area contributed by atoms with Gasteiger partial charge in [-0.25, -0.2) is 0 Å². The van der Waals surface area contributed by atoms with E-state index in [-0.39, 0.29) is 6.61 Å². The number of rotatable bonds is 30. The molecule has 236 valence electrons. The lowest BCUT2D eigenvalue weighted by molar-refractivity contribution is -0.131. The molecular weight excluding hydrogens is 498 g/mol.